The fraction of sp³-hybridized carbons (Fsp3) is 0.611. The Labute approximate surface area is 136 Å². The number of thiazole rings is 1. The predicted octanol–water partition coefficient (Wildman–Crippen LogP) is 5.11. The molecule has 0 bridgehead atoms. The Bertz CT molecular complexity index is 640. The quantitative estimate of drug-likeness (QED) is 0.787. The van der Waals surface area contributed by atoms with Gasteiger partial charge in [-0.1, -0.05) is 19.1 Å². The number of nitrogens with zero attached hydrogens (tertiary/aromatic N) is 1. The number of aromatic nitrogens is 1. The predicted molar refractivity (Wildman–Crippen MR) is 91.4 cm³/mol. The highest BCUT2D eigenvalue weighted by Crippen LogP contribution is 2.47. The zero-order valence-electron chi connectivity index (χ0n) is 14.3. The molecule has 3 rings (SSSR count). The van der Waals surface area contributed by atoms with Gasteiger partial charge in [-0.15, -0.1) is 11.3 Å². The van der Waals surface area contributed by atoms with Crippen LogP contribution in [0.1, 0.15) is 58.9 Å². The van der Waals surface area contributed by atoms with Gasteiger partial charge in [-0.05, 0) is 46.8 Å². The second-order valence-electron chi connectivity index (χ2n) is 7.48. The summed E-state index contributed by atoms with van der Waals surface area (Å²) in [5.41, 5.74) is 0.484. The molecular formula is C18H25NO2S. The Morgan fingerprint density at radius 1 is 1.05 bits per heavy atom. The van der Waals surface area contributed by atoms with Crippen LogP contribution in [0.3, 0.4) is 0 Å². The zero-order chi connectivity index (χ0) is 16.2. The summed E-state index contributed by atoms with van der Waals surface area (Å²) < 4.78 is 13.8. The summed E-state index contributed by atoms with van der Waals surface area (Å²) in [4.78, 5) is 4.77. The van der Waals surface area contributed by atoms with Gasteiger partial charge < -0.3 is 9.47 Å². The molecule has 0 N–H and O–H groups in total. The van der Waals surface area contributed by atoms with Crippen molar-refractivity contribution in [3.05, 3.63) is 29.3 Å². The van der Waals surface area contributed by atoms with Crippen LogP contribution in [-0.2, 0) is 9.47 Å². The number of ether oxygens (including phenoxy) is 2. The van der Waals surface area contributed by atoms with Gasteiger partial charge in [-0.25, -0.2) is 4.98 Å². The van der Waals surface area contributed by atoms with Crippen molar-refractivity contribution < 1.29 is 9.47 Å². The van der Waals surface area contributed by atoms with Crippen LogP contribution in [0, 0.1) is 0 Å². The van der Waals surface area contributed by atoms with Gasteiger partial charge in [-0.3, -0.25) is 0 Å². The molecule has 0 radical (unpaired) electrons. The average molecular weight is 319 g/mol. The molecular weight excluding hydrogens is 294 g/mol. The SMILES string of the molecule is CC(CC1(C)OC(C)(C)C(C)(C)O1)c1nc2ccccc2s1. The first-order valence-electron chi connectivity index (χ1n) is 7.88. The van der Waals surface area contributed by atoms with Crippen molar-refractivity contribution in [3.63, 3.8) is 0 Å². The number of para-hydroxylation sites is 1. The fourth-order valence-electron chi connectivity index (χ4n) is 3.17. The van der Waals surface area contributed by atoms with Gasteiger partial charge in [0.1, 0.15) is 0 Å². The molecule has 1 saturated heterocycles. The van der Waals surface area contributed by atoms with E-state index in [0.717, 1.165) is 16.9 Å². The van der Waals surface area contributed by atoms with Crippen molar-refractivity contribution in [1.82, 2.24) is 4.98 Å². The normalized spacial score (nSPS) is 23.7. The number of rotatable bonds is 3. The zero-order valence-corrected chi connectivity index (χ0v) is 15.1. The second-order valence-corrected chi connectivity index (χ2v) is 8.55. The Balaban J connectivity index is 1.81. The van der Waals surface area contributed by atoms with Gasteiger partial charge >= 0.3 is 0 Å². The van der Waals surface area contributed by atoms with Crippen LogP contribution < -0.4 is 0 Å². The van der Waals surface area contributed by atoms with Gasteiger partial charge in [-0.2, -0.15) is 0 Å². The van der Waals surface area contributed by atoms with Gasteiger partial charge in [0.25, 0.3) is 0 Å². The van der Waals surface area contributed by atoms with Crippen LogP contribution in [0.2, 0.25) is 0 Å². The number of hydrogen-bond acceptors (Lipinski definition) is 4. The maximum atomic E-state index is 6.27. The first-order valence-corrected chi connectivity index (χ1v) is 8.69. The number of hydrogen-bond donors (Lipinski definition) is 0. The van der Waals surface area contributed by atoms with E-state index < -0.39 is 5.79 Å². The van der Waals surface area contributed by atoms with Gasteiger partial charge in [0.2, 0.25) is 0 Å². The Morgan fingerprint density at radius 2 is 1.64 bits per heavy atom. The highest BCUT2D eigenvalue weighted by molar-refractivity contribution is 7.18. The van der Waals surface area contributed by atoms with Gasteiger partial charge in [0.05, 0.1) is 26.4 Å². The van der Waals surface area contributed by atoms with Crippen molar-refractivity contribution in [2.75, 3.05) is 0 Å². The lowest BCUT2D eigenvalue weighted by molar-refractivity contribution is -0.184. The summed E-state index contributed by atoms with van der Waals surface area (Å²) >= 11 is 1.77. The molecule has 0 spiro atoms. The lowest BCUT2D eigenvalue weighted by Crippen LogP contribution is -2.41. The molecule has 1 aliphatic rings. The van der Waals surface area contributed by atoms with E-state index in [1.165, 1.54) is 4.70 Å². The van der Waals surface area contributed by atoms with Crippen molar-refractivity contribution in [3.8, 4) is 0 Å². The van der Waals surface area contributed by atoms with Crippen molar-refractivity contribution in [1.29, 1.82) is 0 Å². The molecule has 1 unspecified atom stereocenters. The summed E-state index contributed by atoms with van der Waals surface area (Å²) in [7, 11) is 0. The molecule has 4 heteroatoms. The van der Waals surface area contributed by atoms with E-state index in [9.17, 15) is 0 Å². The minimum absolute atomic E-state index is 0.297. The van der Waals surface area contributed by atoms with E-state index >= 15 is 0 Å². The molecule has 1 aromatic heterocycles. The molecule has 0 amide bonds. The summed E-state index contributed by atoms with van der Waals surface area (Å²) in [6.07, 6.45) is 0.805. The van der Waals surface area contributed by atoms with Crippen molar-refractivity contribution >= 4 is 21.6 Å². The van der Waals surface area contributed by atoms with Crippen LogP contribution in [0.15, 0.2) is 24.3 Å². The molecule has 0 saturated carbocycles. The van der Waals surface area contributed by atoms with Crippen LogP contribution in [-0.4, -0.2) is 22.0 Å². The highest BCUT2D eigenvalue weighted by Gasteiger charge is 2.55. The van der Waals surface area contributed by atoms with Crippen LogP contribution >= 0.6 is 11.3 Å². The first kappa shape index (κ1) is 15.9. The monoisotopic (exact) mass is 319 g/mol. The van der Waals surface area contributed by atoms with E-state index in [0.29, 0.717) is 5.92 Å². The third-order valence-corrected chi connectivity index (χ3v) is 6.07. The van der Waals surface area contributed by atoms with E-state index in [4.69, 9.17) is 14.5 Å². The topological polar surface area (TPSA) is 31.4 Å². The maximum Gasteiger partial charge on any atom is 0.167 e. The lowest BCUT2D eigenvalue weighted by atomic mass is 9.90. The molecule has 22 heavy (non-hydrogen) atoms. The molecule has 2 aromatic rings. The average Bonchev–Trinajstić information content (AvgIpc) is 2.85. The number of benzene rings is 1. The van der Waals surface area contributed by atoms with Crippen molar-refractivity contribution in [2.45, 2.75) is 70.9 Å². The third-order valence-electron chi connectivity index (χ3n) is 4.80. The molecule has 1 fully saturated rings. The first-order chi connectivity index (χ1) is 10.1. The fourth-order valence-corrected chi connectivity index (χ4v) is 4.19. The molecule has 1 aliphatic heterocycles. The molecule has 1 atom stereocenters. The van der Waals surface area contributed by atoms with Gasteiger partial charge in [0, 0.05) is 12.3 Å². The summed E-state index contributed by atoms with van der Waals surface area (Å²) in [6.45, 7) is 12.6. The summed E-state index contributed by atoms with van der Waals surface area (Å²) in [6, 6.07) is 8.29. The van der Waals surface area contributed by atoms with E-state index in [1.54, 1.807) is 11.3 Å². The van der Waals surface area contributed by atoms with E-state index in [-0.39, 0.29) is 11.2 Å². The Morgan fingerprint density at radius 3 is 2.23 bits per heavy atom. The van der Waals surface area contributed by atoms with E-state index in [2.05, 4.69) is 52.8 Å². The van der Waals surface area contributed by atoms with Crippen molar-refractivity contribution in [2.24, 2.45) is 0 Å². The summed E-state index contributed by atoms with van der Waals surface area (Å²) in [5.74, 6) is -0.267. The Hall–Kier alpha value is -0.970. The molecule has 0 aliphatic carbocycles. The minimum atomic E-state index is -0.565. The summed E-state index contributed by atoms with van der Waals surface area (Å²) in [5, 5.41) is 1.15. The smallest absolute Gasteiger partial charge is 0.167 e. The number of fused-ring (bicyclic) bond motifs is 1. The minimum Gasteiger partial charge on any atom is -0.341 e. The molecule has 1 aromatic carbocycles. The van der Waals surface area contributed by atoms with Gasteiger partial charge in [0.15, 0.2) is 5.79 Å². The van der Waals surface area contributed by atoms with Crippen LogP contribution in [0.4, 0.5) is 0 Å². The maximum absolute atomic E-state index is 6.27. The molecule has 2 heterocycles. The standard InChI is InChI=1S/C18H25NO2S/c1-12(15-19-13-9-7-8-10-14(13)22-15)11-18(6)20-16(2,3)17(4,5)21-18/h7-10,12H,11H2,1-6H3. The highest BCUT2D eigenvalue weighted by atomic mass is 32.1. The lowest BCUT2D eigenvalue weighted by Gasteiger charge is -2.30. The third kappa shape index (κ3) is 2.68. The largest absolute Gasteiger partial charge is 0.341 e. The van der Waals surface area contributed by atoms with Crippen LogP contribution in [0.5, 0.6) is 0 Å². The van der Waals surface area contributed by atoms with Crippen LogP contribution in [0.25, 0.3) is 10.2 Å². The molecule has 120 valence electrons. The second kappa shape index (κ2) is 5.02. The Kier molecular flexibility index (Phi) is 3.63. The molecule has 3 nitrogen and oxygen atoms in total. The van der Waals surface area contributed by atoms with E-state index in [1.807, 2.05) is 13.0 Å².